The second kappa shape index (κ2) is 9.90. The molecule has 202 valence electrons. The van der Waals surface area contributed by atoms with Crippen LogP contribution in [0.3, 0.4) is 0 Å². The van der Waals surface area contributed by atoms with Crippen molar-refractivity contribution in [3.05, 3.63) is 131 Å². The van der Waals surface area contributed by atoms with Crippen LogP contribution >= 0.6 is 0 Å². The van der Waals surface area contributed by atoms with Crippen molar-refractivity contribution in [3.63, 3.8) is 0 Å². The van der Waals surface area contributed by atoms with Crippen LogP contribution < -0.4 is 10.4 Å². The van der Waals surface area contributed by atoms with Crippen molar-refractivity contribution >= 4 is 29.8 Å². The number of rotatable bonds is 4. The summed E-state index contributed by atoms with van der Waals surface area (Å²) >= 11 is 0. The van der Waals surface area contributed by atoms with E-state index in [1.165, 1.54) is 38.2 Å². The van der Waals surface area contributed by atoms with Crippen LogP contribution in [0.4, 0.5) is 0 Å². The molecule has 1 fully saturated rings. The lowest BCUT2D eigenvalue weighted by molar-refractivity contribution is -0.0954. The Morgan fingerprint density at radius 3 is 1.80 bits per heavy atom. The molecule has 1 saturated heterocycles. The van der Waals surface area contributed by atoms with Crippen LogP contribution in [0.5, 0.6) is 0 Å². The van der Waals surface area contributed by atoms with Gasteiger partial charge < -0.3 is 4.84 Å². The summed E-state index contributed by atoms with van der Waals surface area (Å²) in [5.74, 6) is 1.10. The third kappa shape index (κ3) is 4.02. The van der Waals surface area contributed by atoms with E-state index in [4.69, 9.17) is 4.84 Å². The lowest BCUT2D eigenvalue weighted by Crippen LogP contribution is -2.66. The van der Waals surface area contributed by atoms with Gasteiger partial charge in [-0.05, 0) is 53.5 Å². The van der Waals surface area contributed by atoms with Gasteiger partial charge in [0.25, 0.3) is 0 Å². The van der Waals surface area contributed by atoms with Crippen molar-refractivity contribution in [2.24, 2.45) is 0 Å². The largest absolute Gasteiger partial charge is 0.404 e. The first kappa shape index (κ1) is 25.6. The lowest BCUT2D eigenvalue weighted by Gasteiger charge is -2.46. The minimum absolute atomic E-state index is 0.134. The summed E-state index contributed by atoms with van der Waals surface area (Å²) in [7, 11) is -2.23. The van der Waals surface area contributed by atoms with E-state index in [0.29, 0.717) is 12.1 Å². The maximum Gasteiger partial charge on any atom is 0.160 e. The molecule has 3 heteroatoms. The second-order valence-corrected chi connectivity index (χ2v) is 17.7. The first-order chi connectivity index (χ1) is 19.5. The van der Waals surface area contributed by atoms with Crippen molar-refractivity contribution in [2.75, 3.05) is 0 Å². The Balaban J connectivity index is 1.34. The zero-order valence-corrected chi connectivity index (χ0v) is 24.9. The highest BCUT2D eigenvalue weighted by Gasteiger charge is 2.53. The maximum atomic E-state index is 7.09. The monoisotopic (exact) mass is 541 g/mol. The number of nitrogens with zero attached hydrogens (tertiary/aromatic N) is 1. The Kier molecular flexibility index (Phi) is 6.33. The molecule has 2 atom stereocenters. The average Bonchev–Trinajstić information content (AvgIpc) is 3.53. The highest BCUT2D eigenvalue weighted by molar-refractivity contribution is 7.04. The fourth-order valence-electron chi connectivity index (χ4n) is 7.87. The molecule has 0 spiro atoms. The molecule has 7 rings (SSSR count). The van der Waals surface area contributed by atoms with Gasteiger partial charge in [0.05, 0.1) is 6.04 Å². The van der Waals surface area contributed by atoms with Crippen LogP contribution in [-0.4, -0.2) is 25.2 Å². The van der Waals surface area contributed by atoms with Gasteiger partial charge in [-0.2, -0.15) is 0 Å². The Labute approximate surface area is 240 Å². The Hall–Kier alpha value is -3.40. The first-order valence-electron chi connectivity index (χ1n) is 15.0. The topological polar surface area (TPSA) is 12.5 Å². The molecule has 2 nitrogen and oxygen atoms in total. The quantitative estimate of drug-likeness (QED) is 0.248. The molecule has 1 aliphatic carbocycles. The molecule has 2 heterocycles. The van der Waals surface area contributed by atoms with E-state index >= 15 is 0 Å². The number of hydrogen-bond acceptors (Lipinski definition) is 2. The molecule has 2 unspecified atom stereocenters. The van der Waals surface area contributed by atoms with Crippen molar-refractivity contribution in [1.82, 2.24) is 5.06 Å². The summed E-state index contributed by atoms with van der Waals surface area (Å²) in [6.07, 6.45) is 4.42. The highest BCUT2D eigenvalue weighted by Crippen LogP contribution is 2.51. The smallest absolute Gasteiger partial charge is 0.160 e. The lowest BCUT2D eigenvalue weighted by atomic mass is 9.85. The molecule has 4 aromatic carbocycles. The minimum Gasteiger partial charge on any atom is -0.404 e. The van der Waals surface area contributed by atoms with Crippen molar-refractivity contribution in [1.29, 1.82) is 0 Å². The molecule has 2 aliphatic heterocycles. The van der Waals surface area contributed by atoms with Crippen LogP contribution in [-0.2, 0) is 17.7 Å². The first-order valence-corrected chi connectivity index (χ1v) is 17.2. The zero-order valence-electron chi connectivity index (χ0n) is 23.9. The highest BCUT2D eigenvalue weighted by atomic mass is 28.3. The summed E-state index contributed by atoms with van der Waals surface area (Å²) in [6, 6.07) is 42.6. The van der Waals surface area contributed by atoms with E-state index in [2.05, 4.69) is 135 Å². The van der Waals surface area contributed by atoms with Gasteiger partial charge in [-0.1, -0.05) is 140 Å². The molecule has 0 amide bonds. The molecule has 0 bridgehead atoms. The van der Waals surface area contributed by atoms with Crippen molar-refractivity contribution < 1.29 is 4.84 Å². The number of benzene rings is 4. The average molecular weight is 542 g/mol. The van der Waals surface area contributed by atoms with E-state index in [1.807, 2.05) is 0 Å². The predicted octanol–water partition coefficient (Wildman–Crippen LogP) is 7.50. The van der Waals surface area contributed by atoms with E-state index in [-0.39, 0.29) is 5.04 Å². The van der Waals surface area contributed by atoms with E-state index in [9.17, 15) is 0 Å². The molecule has 0 N–H and O–H groups in total. The standard InChI is InChI=1S/C37H39NOSi/c1-37(2,3)40(30-16-6-4-7-17-30,31-18-8-5-9-19-31)26-29-24-25-34-35-32-20-12-10-14-27(32)22-23-28-15-11-13-21-33(28)36(35)39-38(29)34/h4-21,29,34H,22-26H2,1-3H3. The summed E-state index contributed by atoms with van der Waals surface area (Å²) in [5.41, 5.74) is 6.93. The Morgan fingerprint density at radius 1 is 0.675 bits per heavy atom. The Morgan fingerprint density at radius 2 is 1.20 bits per heavy atom. The van der Waals surface area contributed by atoms with Gasteiger partial charge >= 0.3 is 0 Å². The van der Waals surface area contributed by atoms with Crippen LogP contribution in [0, 0.1) is 0 Å². The fraction of sp³-hybridized carbons (Fsp3) is 0.297. The molecular weight excluding hydrogens is 502 g/mol. The molecule has 0 aromatic heterocycles. The van der Waals surface area contributed by atoms with Gasteiger partial charge in [-0.25, -0.2) is 0 Å². The molecule has 40 heavy (non-hydrogen) atoms. The van der Waals surface area contributed by atoms with Gasteiger partial charge in [0.15, 0.2) is 5.76 Å². The minimum atomic E-state index is -2.23. The van der Waals surface area contributed by atoms with E-state index < -0.39 is 8.07 Å². The fourth-order valence-corrected chi connectivity index (χ4v) is 13.6. The van der Waals surface area contributed by atoms with Gasteiger partial charge in [-0.3, -0.25) is 0 Å². The molecule has 0 radical (unpaired) electrons. The molecule has 4 aromatic rings. The summed E-state index contributed by atoms with van der Waals surface area (Å²) < 4.78 is 0. The van der Waals surface area contributed by atoms with Gasteiger partial charge in [0.2, 0.25) is 0 Å². The summed E-state index contributed by atoms with van der Waals surface area (Å²) in [4.78, 5) is 7.09. The SMILES string of the molecule is CC(C)(C)[Si](CC1CCC2C3=C(ON12)c1ccccc1CCc1ccccc13)(c1ccccc1)c1ccccc1. The van der Waals surface area contributed by atoms with Crippen LogP contribution in [0.2, 0.25) is 11.1 Å². The predicted molar refractivity (Wildman–Crippen MR) is 169 cm³/mol. The zero-order chi connectivity index (χ0) is 27.3. The van der Waals surface area contributed by atoms with Crippen molar-refractivity contribution in [2.45, 2.75) is 69.6 Å². The molecule has 3 aliphatic rings. The second-order valence-electron chi connectivity index (χ2n) is 12.8. The Bertz CT molecular complexity index is 1510. The molecular formula is C37H39NOSi. The summed E-state index contributed by atoms with van der Waals surface area (Å²) in [5, 5.41) is 5.62. The van der Waals surface area contributed by atoms with E-state index in [0.717, 1.165) is 37.5 Å². The summed E-state index contributed by atoms with van der Waals surface area (Å²) in [6.45, 7) is 7.42. The van der Waals surface area contributed by atoms with E-state index in [1.54, 1.807) is 0 Å². The number of aryl methyl sites for hydroxylation is 2. The van der Waals surface area contributed by atoms with Gasteiger partial charge in [0, 0.05) is 17.2 Å². The third-order valence-corrected chi connectivity index (χ3v) is 16.1. The number of hydrogen-bond donors (Lipinski definition) is 0. The molecule has 0 saturated carbocycles. The normalized spacial score (nSPS) is 20.6. The van der Waals surface area contributed by atoms with Crippen LogP contribution in [0.1, 0.15) is 55.9 Å². The maximum absolute atomic E-state index is 7.09. The number of hydroxylamine groups is 2. The van der Waals surface area contributed by atoms with Gasteiger partial charge in [-0.15, -0.1) is 5.06 Å². The van der Waals surface area contributed by atoms with Crippen molar-refractivity contribution in [3.8, 4) is 0 Å². The van der Waals surface area contributed by atoms with Crippen LogP contribution in [0.15, 0.2) is 109 Å². The van der Waals surface area contributed by atoms with Gasteiger partial charge in [0.1, 0.15) is 8.07 Å². The number of fused-ring (bicyclic) bond motifs is 6. The van der Waals surface area contributed by atoms with Crippen LogP contribution in [0.25, 0.3) is 11.3 Å². The third-order valence-electron chi connectivity index (χ3n) is 9.80.